The highest BCUT2D eigenvalue weighted by atomic mass is 16.3. The largest absolute Gasteiger partial charge is 0.391 e. The third-order valence-electron chi connectivity index (χ3n) is 6.95. The van der Waals surface area contributed by atoms with Gasteiger partial charge in [0.05, 0.1) is 41.4 Å². The zero-order valence-electron chi connectivity index (χ0n) is 20.9. The van der Waals surface area contributed by atoms with Crippen LogP contribution in [0.4, 0.5) is 11.4 Å². The molecular formula is C28H29N7O2. The van der Waals surface area contributed by atoms with Crippen LogP contribution in [0.3, 0.4) is 0 Å². The van der Waals surface area contributed by atoms with Gasteiger partial charge in [0.2, 0.25) is 0 Å². The molecule has 5 heterocycles. The van der Waals surface area contributed by atoms with E-state index in [2.05, 4.69) is 27.1 Å². The lowest BCUT2D eigenvalue weighted by molar-refractivity contribution is 0.102. The van der Waals surface area contributed by atoms with Gasteiger partial charge in [-0.3, -0.25) is 18.9 Å². The van der Waals surface area contributed by atoms with Gasteiger partial charge in [-0.2, -0.15) is 5.10 Å². The van der Waals surface area contributed by atoms with E-state index in [4.69, 9.17) is 5.10 Å². The first kappa shape index (κ1) is 23.2. The van der Waals surface area contributed by atoms with Crippen molar-refractivity contribution in [3.63, 3.8) is 0 Å². The summed E-state index contributed by atoms with van der Waals surface area (Å²) in [5, 5.41) is 18.8. The van der Waals surface area contributed by atoms with E-state index in [1.807, 2.05) is 66.3 Å². The number of anilines is 2. The first-order valence-corrected chi connectivity index (χ1v) is 12.6. The molecule has 6 rings (SSSR count). The van der Waals surface area contributed by atoms with Crippen LogP contribution in [0.2, 0.25) is 0 Å². The molecule has 1 atom stereocenters. The molecule has 9 heteroatoms. The van der Waals surface area contributed by atoms with Gasteiger partial charge in [0.25, 0.3) is 5.91 Å². The number of nitrogens with zero attached hydrogens (tertiary/aromatic N) is 6. The standard InChI is InChI=1S/C28H29N7O2/c1-3-22-27-23(8-5-9-24(27)35(32-22)16-19-7-4-6-18(2)30-19)31-28(37)25-15-29-26-14-20(10-13-34(25)26)33-12-11-21(36)17-33/h4-10,13-15,21,36H,3,11-12,16-17H2,1-2H3,(H,31,37)/t21-/m0/s1. The summed E-state index contributed by atoms with van der Waals surface area (Å²) < 4.78 is 3.75. The Bertz CT molecular complexity index is 1620. The number of aliphatic hydroxyl groups is 1. The Morgan fingerprint density at radius 1 is 1.19 bits per heavy atom. The molecule has 37 heavy (non-hydrogen) atoms. The summed E-state index contributed by atoms with van der Waals surface area (Å²) in [6, 6.07) is 15.8. The lowest BCUT2D eigenvalue weighted by Gasteiger charge is -2.17. The lowest BCUT2D eigenvalue weighted by Crippen LogP contribution is -2.21. The minimum atomic E-state index is -0.301. The molecule has 1 saturated heterocycles. The molecule has 188 valence electrons. The number of rotatable bonds is 6. The number of fused-ring (bicyclic) bond motifs is 2. The predicted octanol–water partition coefficient (Wildman–Crippen LogP) is 3.82. The second kappa shape index (κ2) is 9.33. The van der Waals surface area contributed by atoms with E-state index in [0.717, 1.165) is 58.7 Å². The molecule has 0 bridgehead atoms. The van der Waals surface area contributed by atoms with Crippen molar-refractivity contribution in [2.45, 2.75) is 39.3 Å². The Balaban J connectivity index is 1.30. The second-order valence-corrected chi connectivity index (χ2v) is 9.53. The van der Waals surface area contributed by atoms with Gasteiger partial charge in [-0.25, -0.2) is 4.98 Å². The van der Waals surface area contributed by atoms with Crippen LogP contribution in [0.1, 0.15) is 40.9 Å². The molecule has 4 aromatic heterocycles. The van der Waals surface area contributed by atoms with Gasteiger partial charge < -0.3 is 15.3 Å². The van der Waals surface area contributed by atoms with Gasteiger partial charge in [-0.15, -0.1) is 0 Å². The monoisotopic (exact) mass is 495 g/mol. The molecule has 2 N–H and O–H groups in total. The molecule has 1 aliphatic heterocycles. The fourth-order valence-electron chi connectivity index (χ4n) is 5.12. The summed E-state index contributed by atoms with van der Waals surface area (Å²) in [6.45, 7) is 6.02. The highest BCUT2D eigenvalue weighted by Gasteiger charge is 2.22. The Hall–Kier alpha value is -4.24. The average molecular weight is 496 g/mol. The van der Waals surface area contributed by atoms with Gasteiger partial charge in [0.1, 0.15) is 11.3 Å². The first-order valence-electron chi connectivity index (χ1n) is 12.6. The van der Waals surface area contributed by atoms with Crippen LogP contribution in [0.5, 0.6) is 0 Å². The number of hydrogen-bond acceptors (Lipinski definition) is 6. The fourth-order valence-corrected chi connectivity index (χ4v) is 5.12. The number of aromatic nitrogens is 5. The number of benzene rings is 1. The third kappa shape index (κ3) is 4.31. The van der Waals surface area contributed by atoms with Gasteiger partial charge in [-0.1, -0.05) is 19.1 Å². The number of aliphatic hydroxyl groups excluding tert-OH is 1. The zero-order chi connectivity index (χ0) is 25.5. The van der Waals surface area contributed by atoms with Crippen LogP contribution >= 0.6 is 0 Å². The minimum absolute atomic E-state index is 0.237. The molecule has 1 aromatic carbocycles. The number of carbonyl (C=O) groups excluding carboxylic acids is 1. The van der Waals surface area contributed by atoms with Crippen molar-refractivity contribution in [1.82, 2.24) is 24.1 Å². The van der Waals surface area contributed by atoms with E-state index in [-0.39, 0.29) is 12.0 Å². The van der Waals surface area contributed by atoms with Gasteiger partial charge in [0, 0.05) is 42.1 Å². The predicted molar refractivity (Wildman–Crippen MR) is 143 cm³/mol. The Labute approximate surface area is 214 Å². The quantitative estimate of drug-likeness (QED) is 0.371. The molecule has 0 saturated carbocycles. The van der Waals surface area contributed by atoms with Crippen molar-refractivity contribution in [1.29, 1.82) is 0 Å². The van der Waals surface area contributed by atoms with Crippen molar-refractivity contribution in [3.8, 4) is 0 Å². The maximum Gasteiger partial charge on any atom is 0.274 e. The number of amides is 1. The smallest absolute Gasteiger partial charge is 0.274 e. The van der Waals surface area contributed by atoms with E-state index in [9.17, 15) is 9.90 Å². The molecule has 5 aromatic rings. The highest BCUT2D eigenvalue weighted by Crippen LogP contribution is 2.29. The van der Waals surface area contributed by atoms with Crippen molar-refractivity contribution in [2.24, 2.45) is 0 Å². The molecule has 1 amide bonds. The van der Waals surface area contributed by atoms with E-state index < -0.39 is 0 Å². The van der Waals surface area contributed by atoms with Crippen molar-refractivity contribution >= 4 is 33.8 Å². The zero-order valence-corrected chi connectivity index (χ0v) is 20.9. The summed E-state index contributed by atoms with van der Waals surface area (Å²) in [7, 11) is 0. The molecule has 1 aliphatic rings. The molecule has 0 radical (unpaired) electrons. The van der Waals surface area contributed by atoms with E-state index in [1.54, 1.807) is 10.6 Å². The van der Waals surface area contributed by atoms with E-state index in [1.165, 1.54) is 0 Å². The van der Waals surface area contributed by atoms with E-state index in [0.29, 0.717) is 24.4 Å². The number of hydrogen-bond donors (Lipinski definition) is 2. The molecule has 0 unspecified atom stereocenters. The maximum atomic E-state index is 13.4. The lowest BCUT2D eigenvalue weighted by atomic mass is 10.1. The van der Waals surface area contributed by atoms with Crippen LogP contribution in [0, 0.1) is 6.92 Å². The van der Waals surface area contributed by atoms with Crippen LogP contribution in [0.15, 0.2) is 60.9 Å². The van der Waals surface area contributed by atoms with Crippen LogP contribution in [-0.2, 0) is 13.0 Å². The summed E-state index contributed by atoms with van der Waals surface area (Å²) in [6.07, 6.45) is 4.66. The molecule has 0 spiro atoms. The average Bonchev–Trinajstić information content (AvgIpc) is 3.61. The molecular weight excluding hydrogens is 466 g/mol. The Kier molecular flexibility index (Phi) is 5.84. The summed E-state index contributed by atoms with van der Waals surface area (Å²) in [5.41, 5.74) is 6.65. The number of pyridine rings is 2. The Morgan fingerprint density at radius 3 is 2.84 bits per heavy atom. The van der Waals surface area contributed by atoms with Crippen LogP contribution < -0.4 is 10.2 Å². The second-order valence-electron chi connectivity index (χ2n) is 9.53. The number of carbonyl (C=O) groups is 1. The van der Waals surface area contributed by atoms with Gasteiger partial charge in [0.15, 0.2) is 0 Å². The van der Waals surface area contributed by atoms with Crippen LogP contribution in [-0.4, -0.2) is 54.4 Å². The molecule has 0 aliphatic carbocycles. The van der Waals surface area contributed by atoms with Crippen molar-refractivity contribution in [3.05, 3.63) is 83.7 Å². The molecule has 1 fully saturated rings. The van der Waals surface area contributed by atoms with Crippen molar-refractivity contribution in [2.75, 3.05) is 23.3 Å². The van der Waals surface area contributed by atoms with E-state index >= 15 is 0 Å². The SMILES string of the molecule is CCc1nn(Cc2cccc(C)n2)c2cccc(NC(=O)c3cnc4cc(N5CC[C@H](O)C5)ccn34)c12. The maximum absolute atomic E-state index is 13.4. The normalized spacial score (nSPS) is 15.6. The number of β-amino-alcohol motifs (C(OH)–C–C–N with tert-alkyl or cyclic N) is 1. The van der Waals surface area contributed by atoms with Gasteiger partial charge >= 0.3 is 0 Å². The van der Waals surface area contributed by atoms with Crippen LogP contribution in [0.25, 0.3) is 16.6 Å². The topological polar surface area (TPSA) is 101 Å². The number of aryl methyl sites for hydroxylation is 2. The van der Waals surface area contributed by atoms with Crippen molar-refractivity contribution < 1.29 is 9.90 Å². The summed E-state index contributed by atoms with van der Waals surface area (Å²) in [4.78, 5) is 24.6. The summed E-state index contributed by atoms with van der Waals surface area (Å²) in [5.74, 6) is -0.237. The third-order valence-corrected chi connectivity index (χ3v) is 6.95. The first-order chi connectivity index (χ1) is 18.0. The number of imidazole rings is 1. The number of nitrogens with one attached hydrogen (secondary N) is 1. The molecule has 9 nitrogen and oxygen atoms in total. The minimum Gasteiger partial charge on any atom is -0.391 e. The highest BCUT2D eigenvalue weighted by molar-refractivity contribution is 6.08. The Morgan fingerprint density at radius 2 is 2.05 bits per heavy atom. The summed E-state index contributed by atoms with van der Waals surface area (Å²) >= 11 is 0. The van der Waals surface area contributed by atoms with Gasteiger partial charge in [-0.05, 0) is 50.1 Å². The fraction of sp³-hybridized carbons (Fsp3) is 0.286.